The lowest BCUT2D eigenvalue weighted by atomic mass is 10.0. The second-order valence-corrected chi connectivity index (χ2v) is 7.91. The molecule has 1 amide bonds. The lowest BCUT2D eigenvalue weighted by Crippen LogP contribution is -2.37. The number of carbonyl (C=O) groups excluding carboxylic acids is 1. The molecule has 33 heavy (non-hydrogen) atoms. The highest BCUT2D eigenvalue weighted by molar-refractivity contribution is 6.00. The Bertz CT molecular complexity index is 1100. The summed E-state index contributed by atoms with van der Waals surface area (Å²) in [4.78, 5) is 26.4. The quantitative estimate of drug-likeness (QED) is 0.387. The first-order valence-corrected chi connectivity index (χ1v) is 10.9. The van der Waals surface area contributed by atoms with E-state index >= 15 is 0 Å². The normalized spacial score (nSPS) is 10.7. The minimum atomic E-state index is -0.450. The van der Waals surface area contributed by atoms with Crippen molar-refractivity contribution in [3.05, 3.63) is 103 Å². The van der Waals surface area contributed by atoms with Crippen LogP contribution in [0.1, 0.15) is 29.8 Å². The van der Waals surface area contributed by atoms with E-state index in [4.69, 9.17) is 0 Å². The van der Waals surface area contributed by atoms with Gasteiger partial charge in [-0.3, -0.25) is 4.79 Å². The maximum absolute atomic E-state index is 14.8. The fraction of sp³-hybridized carbons (Fsp3) is 0.222. The summed E-state index contributed by atoms with van der Waals surface area (Å²) >= 11 is 0. The fourth-order valence-electron chi connectivity index (χ4n) is 3.51. The number of anilines is 1. The third kappa shape index (κ3) is 5.71. The molecule has 0 radical (unpaired) electrons. The molecule has 0 unspecified atom stereocenters. The Hall–Kier alpha value is -3.80. The number of carbonyl (C=O) groups is 1. The smallest absolute Gasteiger partial charge is 0.258 e. The minimum Gasteiger partial charge on any atom is -0.333 e. The summed E-state index contributed by atoms with van der Waals surface area (Å²) in [5.74, 6) is -0.323. The Kier molecular flexibility index (Phi) is 8.08. The largest absolute Gasteiger partial charge is 0.333 e. The van der Waals surface area contributed by atoms with Crippen LogP contribution in [0.4, 0.5) is 10.3 Å². The molecule has 0 aliphatic rings. The van der Waals surface area contributed by atoms with E-state index in [0.717, 1.165) is 5.56 Å². The average Bonchev–Trinajstić information content (AvgIpc) is 2.82. The van der Waals surface area contributed by atoms with Gasteiger partial charge in [0.05, 0.1) is 11.3 Å². The molecule has 0 atom stereocenters. The molecule has 0 aliphatic carbocycles. The van der Waals surface area contributed by atoms with Gasteiger partial charge in [-0.25, -0.2) is 14.4 Å². The summed E-state index contributed by atoms with van der Waals surface area (Å²) in [6.45, 7) is 12.9. The monoisotopic (exact) mass is 444 g/mol. The van der Waals surface area contributed by atoms with Crippen molar-refractivity contribution < 1.29 is 9.18 Å². The molecule has 5 nitrogen and oxygen atoms in total. The molecule has 1 heterocycles. The van der Waals surface area contributed by atoms with Crippen molar-refractivity contribution in [1.82, 2.24) is 14.9 Å². The second kappa shape index (κ2) is 11.2. The summed E-state index contributed by atoms with van der Waals surface area (Å²) in [5, 5.41) is 0. The van der Waals surface area contributed by atoms with Gasteiger partial charge in [-0.2, -0.15) is 0 Å². The van der Waals surface area contributed by atoms with E-state index in [-0.39, 0.29) is 28.8 Å². The van der Waals surface area contributed by atoms with Crippen LogP contribution < -0.4 is 4.90 Å². The first-order valence-electron chi connectivity index (χ1n) is 10.9. The molecule has 0 fully saturated rings. The summed E-state index contributed by atoms with van der Waals surface area (Å²) in [6, 6.07) is 16.0. The maximum atomic E-state index is 14.8. The summed E-state index contributed by atoms with van der Waals surface area (Å²) < 4.78 is 14.8. The Labute approximate surface area is 194 Å². The standard InChI is InChI=1S/C27H29FN4O/c1-5-16-31(17-6-2)27-29-18-23(25(30-27)22-14-10-11-15-24(22)28)26(33)32(20(3)4)19-21-12-8-7-9-13-21/h5-15,18,20H,1-2,16-17,19H2,3-4H3. The predicted octanol–water partition coefficient (Wildman–Crippen LogP) is 5.51. The van der Waals surface area contributed by atoms with Crippen LogP contribution in [0.25, 0.3) is 11.3 Å². The van der Waals surface area contributed by atoms with Crippen LogP contribution in [0, 0.1) is 5.82 Å². The van der Waals surface area contributed by atoms with Crippen LogP contribution in [0.3, 0.4) is 0 Å². The summed E-state index contributed by atoms with van der Waals surface area (Å²) in [5.41, 5.74) is 1.78. The van der Waals surface area contributed by atoms with Gasteiger partial charge in [0.25, 0.3) is 5.91 Å². The van der Waals surface area contributed by atoms with Crippen molar-refractivity contribution in [1.29, 1.82) is 0 Å². The molecule has 3 rings (SSSR count). The Balaban J connectivity index is 2.10. The average molecular weight is 445 g/mol. The number of hydrogen-bond acceptors (Lipinski definition) is 4. The highest BCUT2D eigenvalue weighted by Crippen LogP contribution is 2.28. The fourth-order valence-corrected chi connectivity index (χ4v) is 3.51. The molecule has 0 saturated carbocycles. The molecular formula is C27H29FN4O. The van der Waals surface area contributed by atoms with Crippen molar-refractivity contribution in [3.8, 4) is 11.3 Å². The summed E-state index contributed by atoms with van der Waals surface area (Å²) in [7, 11) is 0. The van der Waals surface area contributed by atoms with Gasteiger partial charge in [0.2, 0.25) is 5.95 Å². The van der Waals surface area contributed by atoms with Crippen LogP contribution in [0.2, 0.25) is 0 Å². The van der Waals surface area contributed by atoms with Crippen LogP contribution in [-0.4, -0.2) is 39.9 Å². The van der Waals surface area contributed by atoms with Gasteiger partial charge >= 0.3 is 0 Å². The van der Waals surface area contributed by atoms with Gasteiger partial charge in [0, 0.05) is 37.4 Å². The number of amides is 1. The van der Waals surface area contributed by atoms with Crippen molar-refractivity contribution in [3.63, 3.8) is 0 Å². The minimum absolute atomic E-state index is 0.0797. The topological polar surface area (TPSA) is 49.3 Å². The highest BCUT2D eigenvalue weighted by atomic mass is 19.1. The van der Waals surface area contributed by atoms with E-state index in [1.807, 2.05) is 49.1 Å². The van der Waals surface area contributed by atoms with E-state index in [1.54, 1.807) is 35.3 Å². The second-order valence-electron chi connectivity index (χ2n) is 7.91. The van der Waals surface area contributed by atoms with Crippen LogP contribution in [-0.2, 0) is 6.54 Å². The van der Waals surface area contributed by atoms with Crippen molar-refractivity contribution in [2.24, 2.45) is 0 Å². The van der Waals surface area contributed by atoms with Gasteiger partial charge in [-0.15, -0.1) is 13.2 Å². The SMILES string of the molecule is C=CCN(CC=C)c1ncc(C(=O)N(Cc2ccccc2)C(C)C)c(-c2ccccc2F)n1. The van der Waals surface area contributed by atoms with E-state index in [2.05, 4.69) is 23.1 Å². The van der Waals surface area contributed by atoms with Crippen molar-refractivity contribution in [2.45, 2.75) is 26.4 Å². The number of rotatable bonds is 10. The molecular weight excluding hydrogens is 415 g/mol. The van der Waals surface area contributed by atoms with Crippen molar-refractivity contribution >= 4 is 11.9 Å². The molecule has 0 saturated heterocycles. The molecule has 0 bridgehead atoms. The van der Waals surface area contributed by atoms with Gasteiger partial charge in [-0.1, -0.05) is 54.6 Å². The lowest BCUT2D eigenvalue weighted by Gasteiger charge is -2.28. The first-order chi connectivity index (χ1) is 16.0. The van der Waals surface area contributed by atoms with E-state index in [1.165, 1.54) is 12.3 Å². The molecule has 170 valence electrons. The molecule has 0 N–H and O–H groups in total. The van der Waals surface area contributed by atoms with Gasteiger partial charge in [0.15, 0.2) is 0 Å². The molecule has 0 spiro atoms. The Morgan fingerprint density at radius 2 is 1.67 bits per heavy atom. The first kappa shape index (κ1) is 23.9. The van der Waals surface area contributed by atoms with Crippen LogP contribution in [0.15, 0.2) is 86.1 Å². The third-order valence-corrected chi connectivity index (χ3v) is 5.20. The maximum Gasteiger partial charge on any atom is 0.258 e. The number of halogens is 1. The molecule has 6 heteroatoms. The number of aromatic nitrogens is 2. The zero-order valence-corrected chi connectivity index (χ0v) is 19.1. The lowest BCUT2D eigenvalue weighted by molar-refractivity contribution is 0.0690. The zero-order valence-electron chi connectivity index (χ0n) is 19.1. The molecule has 1 aromatic heterocycles. The molecule has 2 aromatic carbocycles. The predicted molar refractivity (Wildman–Crippen MR) is 131 cm³/mol. The third-order valence-electron chi connectivity index (χ3n) is 5.20. The van der Waals surface area contributed by atoms with E-state index in [0.29, 0.717) is 25.6 Å². The molecule has 3 aromatic rings. The van der Waals surface area contributed by atoms with Gasteiger partial charge in [-0.05, 0) is 31.5 Å². The number of benzene rings is 2. The van der Waals surface area contributed by atoms with E-state index in [9.17, 15) is 9.18 Å². The summed E-state index contributed by atoms with van der Waals surface area (Å²) in [6.07, 6.45) is 4.95. The van der Waals surface area contributed by atoms with Gasteiger partial charge in [0.1, 0.15) is 5.82 Å². The van der Waals surface area contributed by atoms with E-state index < -0.39 is 5.82 Å². The molecule has 0 aliphatic heterocycles. The highest BCUT2D eigenvalue weighted by Gasteiger charge is 2.26. The van der Waals surface area contributed by atoms with Gasteiger partial charge < -0.3 is 9.80 Å². The van der Waals surface area contributed by atoms with Crippen LogP contribution in [0.5, 0.6) is 0 Å². The zero-order chi connectivity index (χ0) is 23.8. The number of nitrogens with zero attached hydrogens (tertiary/aromatic N) is 4. The Morgan fingerprint density at radius 1 is 1.03 bits per heavy atom. The van der Waals surface area contributed by atoms with Crippen molar-refractivity contribution in [2.75, 3.05) is 18.0 Å². The number of hydrogen-bond donors (Lipinski definition) is 0. The van der Waals surface area contributed by atoms with Crippen LogP contribution >= 0.6 is 0 Å². The Morgan fingerprint density at radius 3 is 2.27 bits per heavy atom.